The van der Waals surface area contributed by atoms with Gasteiger partial charge in [-0.15, -0.1) is 0 Å². The Morgan fingerprint density at radius 3 is 2.67 bits per heavy atom. The molecular formula is C12H17FN4O. The van der Waals surface area contributed by atoms with Crippen molar-refractivity contribution in [3.63, 3.8) is 0 Å². The Hall–Kier alpha value is -1.66. The average Bonchev–Trinajstić information content (AvgIpc) is 2.35. The number of amides is 1. The standard InChI is InChI=1S/C12H17FN4O/c1-16-5-7-17(8-6-16)15-12(18)9-3-2-4-10(13)11(9)14/h2-4H,5-8,14H2,1H3,(H,15,18). The highest BCUT2D eigenvalue weighted by atomic mass is 19.1. The summed E-state index contributed by atoms with van der Waals surface area (Å²) >= 11 is 0. The van der Waals surface area contributed by atoms with E-state index in [0.717, 1.165) is 26.2 Å². The van der Waals surface area contributed by atoms with E-state index in [0.29, 0.717) is 0 Å². The maximum atomic E-state index is 13.2. The van der Waals surface area contributed by atoms with Gasteiger partial charge in [0.15, 0.2) is 0 Å². The van der Waals surface area contributed by atoms with E-state index >= 15 is 0 Å². The molecule has 1 amide bonds. The smallest absolute Gasteiger partial charge is 0.267 e. The summed E-state index contributed by atoms with van der Waals surface area (Å²) in [5, 5.41) is 1.83. The van der Waals surface area contributed by atoms with E-state index in [9.17, 15) is 9.18 Å². The van der Waals surface area contributed by atoms with Gasteiger partial charge in [0, 0.05) is 26.2 Å². The van der Waals surface area contributed by atoms with E-state index in [-0.39, 0.29) is 17.2 Å². The number of piperazine rings is 1. The molecule has 1 aliphatic heterocycles. The number of hydrogen-bond acceptors (Lipinski definition) is 4. The molecule has 2 rings (SSSR count). The monoisotopic (exact) mass is 252 g/mol. The number of halogens is 1. The molecular weight excluding hydrogens is 235 g/mol. The van der Waals surface area contributed by atoms with Crippen molar-refractivity contribution in [2.75, 3.05) is 39.0 Å². The number of likely N-dealkylation sites (N-methyl/N-ethyl adjacent to an activating group) is 1. The fourth-order valence-electron chi connectivity index (χ4n) is 1.86. The van der Waals surface area contributed by atoms with Crippen LogP contribution in [0.5, 0.6) is 0 Å². The predicted molar refractivity (Wildman–Crippen MR) is 67.3 cm³/mol. The van der Waals surface area contributed by atoms with Gasteiger partial charge >= 0.3 is 0 Å². The van der Waals surface area contributed by atoms with Crippen LogP contribution in [0.25, 0.3) is 0 Å². The van der Waals surface area contributed by atoms with Crippen molar-refractivity contribution in [2.24, 2.45) is 0 Å². The maximum Gasteiger partial charge on any atom is 0.267 e. The second kappa shape index (κ2) is 5.32. The SMILES string of the molecule is CN1CCN(NC(=O)c2cccc(F)c2N)CC1. The molecule has 1 heterocycles. The van der Waals surface area contributed by atoms with Crippen molar-refractivity contribution in [1.82, 2.24) is 15.3 Å². The van der Waals surface area contributed by atoms with Crippen molar-refractivity contribution in [3.8, 4) is 0 Å². The van der Waals surface area contributed by atoms with Gasteiger partial charge in [0.2, 0.25) is 0 Å². The molecule has 5 nitrogen and oxygen atoms in total. The van der Waals surface area contributed by atoms with Crippen LogP contribution in [0.4, 0.5) is 10.1 Å². The summed E-state index contributed by atoms with van der Waals surface area (Å²) in [6.07, 6.45) is 0. The maximum absolute atomic E-state index is 13.2. The number of nitrogens with one attached hydrogen (secondary N) is 1. The van der Waals surface area contributed by atoms with Gasteiger partial charge in [-0.05, 0) is 19.2 Å². The molecule has 0 aromatic heterocycles. The molecule has 6 heteroatoms. The molecule has 0 atom stereocenters. The largest absolute Gasteiger partial charge is 0.396 e. The lowest BCUT2D eigenvalue weighted by Gasteiger charge is -2.32. The highest BCUT2D eigenvalue weighted by Gasteiger charge is 2.18. The van der Waals surface area contributed by atoms with Crippen molar-refractivity contribution >= 4 is 11.6 Å². The third-order valence-electron chi connectivity index (χ3n) is 3.06. The number of nitrogens with zero attached hydrogens (tertiary/aromatic N) is 2. The Bertz CT molecular complexity index is 444. The van der Waals surface area contributed by atoms with Crippen LogP contribution in [0.3, 0.4) is 0 Å². The summed E-state index contributed by atoms with van der Waals surface area (Å²) in [5.41, 5.74) is 8.36. The number of nitrogens with two attached hydrogens (primary N) is 1. The van der Waals surface area contributed by atoms with Gasteiger partial charge in [-0.25, -0.2) is 9.40 Å². The molecule has 0 saturated carbocycles. The van der Waals surface area contributed by atoms with Crippen LogP contribution < -0.4 is 11.2 Å². The van der Waals surface area contributed by atoms with Crippen molar-refractivity contribution in [3.05, 3.63) is 29.6 Å². The van der Waals surface area contributed by atoms with Crippen molar-refractivity contribution in [2.45, 2.75) is 0 Å². The molecule has 1 aliphatic rings. The number of rotatable bonds is 2. The first-order valence-corrected chi connectivity index (χ1v) is 5.86. The van der Waals surface area contributed by atoms with Gasteiger partial charge in [-0.3, -0.25) is 10.2 Å². The first kappa shape index (κ1) is 12.8. The summed E-state index contributed by atoms with van der Waals surface area (Å²) in [5.74, 6) is -0.933. The highest BCUT2D eigenvalue weighted by Crippen LogP contribution is 2.15. The highest BCUT2D eigenvalue weighted by molar-refractivity contribution is 5.98. The van der Waals surface area contributed by atoms with Gasteiger partial charge in [0.25, 0.3) is 5.91 Å². The Labute approximate surface area is 105 Å². The van der Waals surface area contributed by atoms with Crippen LogP contribution in [0.15, 0.2) is 18.2 Å². The van der Waals surface area contributed by atoms with Gasteiger partial charge in [-0.2, -0.15) is 0 Å². The number of para-hydroxylation sites is 1. The predicted octanol–water partition coefficient (Wildman–Crippen LogP) is 0.300. The summed E-state index contributed by atoms with van der Waals surface area (Å²) in [4.78, 5) is 14.1. The topological polar surface area (TPSA) is 61.6 Å². The minimum atomic E-state index is -0.568. The number of carbonyl (C=O) groups is 1. The Kier molecular flexibility index (Phi) is 3.78. The lowest BCUT2D eigenvalue weighted by Crippen LogP contribution is -2.52. The summed E-state index contributed by atoms with van der Waals surface area (Å²) in [7, 11) is 2.03. The second-order valence-electron chi connectivity index (χ2n) is 4.43. The van der Waals surface area contributed by atoms with Crippen LogP contribution in [-0.4, -0.2) is 49.0 Å². The van der Waals surface area contributed by atoms with Crippen LogP contribution in [0, 0.1) is 5.82 Å². The molecule has 1 saturated heterocycles. The summed E-state index contributed by atoms with van der Waals surface area (Å²) in [6, 6.07) is 4.23. The Morgan fingerprint density at radius 2 is 2.00 bits per heavy atom. The lowest BCUT2D eigenvalue weighted by molar-refractivity contribution is 0.0663. The molecule has 0 radical (unpaired) electrons. The number of anilines is 1. The van der Waals surface area contributed by atoms with E-state index in [1.807, 2.05) is 12.1 Å². The Balaban J connectivity index is 2.01. The number of hydrogen-bond donors (Lipinski definition) is 2. The van der Waals surface area contributed by atoms with Crippen LogP contribution >= 0.6 is 0 Å². The average molecular weight is 252 g/mol. The Morgan fingerprint density at radius 1 is 1.33 bits per heavy atom. The molecule has 1 aromatic rings. The molecule has 98 valence electrons. The number of hydrazine groups is 1. The van der Waals surface area contributed by atoms with Gasteiger partial charge in [0.1, 0.15) is 5.82 Å². The quantitative estimate of drug-likeness (QED) is 0.743. The van der Waals surface area contributed by atoms with Crippen LogP contribution in [0.1, 0.15) is 10.4 Å². The lowest BCUT2D eigenvalue weighted by atomic mass is 10.1. The van der Waals surface area contributed by atoms with E-state index in [2.05, 4.69) is 10.3 Å². The van der Waals surface area contributed by atoms with Crippen molar-refractivity contribution < 1.29 is 9.18 Å². The zero-order chi connectivity index (χ0) is 13.1. The molecule has 0 bridgehead atoms. The van der Waals surface area contributed by atoms with Crippen molar-refractivity contribution in [1.29, 1.82) is 0 Å². The third kappa shape index (κ3) is 2.77. The number of carbonyl (C=O) groups excluding carboxylic acids is 1. The normalized spacial score (nSPS) is 17.7. The molecule has 0 unspecified atom stereocenters. The van der Waals surface area contributed by atoms with E-state index in [1.165, 1.54) is 18.2 Å². The number of benzene rings is 1. The molecule has 3 N–H and O–H groups in total. The van der Waals surface area contributed by atoms with Gasteiger partial charge in [-0.1, -0.05) is 6.07 Å². The van der Waals surface area contributed by atoms with E-state index in [4.69, 9.17) is 5.73 Å². The second-order valence-corrected chi connectivity index (χ2v) is 4.43. The zero-order valence-electron chi connectivity index (χ0n) is 10.3. The fourth-order valence-corrected chi connectivity index (χ4v) is 1.86. The first-order valence-electron chi connectivity index (χ1n) is 5.86. The summed E-state index contributed by atoms with van der Waals surface area (Å²) in [6.45, 7) is 3.27. The molecule has 0 aliphatic carbocycles. The minimum absolute atomic E-state index is 0.107. The summed E-state index contributed by atoms with van der Waals surface area (Å²) < 4.78 is 13.2. The molecule has 0 spiro atoms. The van der Waals surface area contributed by atoms with Crippen LogP contribution in [0.2, 0.25) is 0 Å². The number of nitrogen functional groups attached to an aromatic ring is 1. The third-order valence-corrected chi connectivity index (χ3v) is 3.06. The molecule has 1 aromatic carbocycles. The van der Waals surface area contributed by atoms with Crippen LogP contribution in [-0.2, 0) is 0 Å². The fraction of sp³-hybridized carbons (Fsp3) is 0.417. The van der Waals surface area contributed by atoms with Gasteiger partial charge < -0.3 is 10.6 Å². The minimum Gasteiger partial charge on any atom is -0.396 e. The molecule has 18 heavy (non-hydrogen) atoms. The van der Waals surface area contributed by atoms with Gasteiger partial charge in [0.05, 0.1) is 11.3 Å². The van der Waals surface area contributed by atoms with E-state index in [1.54, 1.807) is 0 Å². The first-order chi connectivity index (χ1) is 8.58. The zero-order valence-corrected chi connectivity index (χ0v) is 10.3. The van der Waals surface area contributed by atoms with E-state index < -0.39 is 5.82 Å². The molecule has 1 fully saturated rings.